The summed E-state index contributed by atoms with van der Waals surface area (Å²) in [6, 6.07) is 7.22. The maximum atomic E-state index is 12.4. The van der Waals surface area contributed by atoms with Crippen molar-refractivity contribution >= 4 is 28.5 Å². The molecule has 0 unspecified atom stereocenters. The van der Waals surface area contributed by atoms with Crippen molar-refractivity contribution in [3.63, 3.8) is 0 Å². The second-order valence-electron chi connectivity index (χ2n) is 7.75. The van der Waals surface area contributed by atoms with Gasteiger partial charge >= 0.3 is 5.63 Å². The van der Waals surface area contributed by atoms with Crippen LogP contribution in [0.15, 0.2) is 39.6 Å². The molecular weight excluding hydrogens is 418 g/mol. The van der Waals surface area contributed by atoms with Gasteiger partial charge in [-0.1, -0.05) is 0 Å². The van der Waals surface area contributed by atoms with E-state index in [0.29, 0.717) is 11.0 Å². The molecule has 9 nitrogen and oxygen atoms in total. The summed E-state index contributed by atoms with van der Waals surface area (Å²) < 4.78 is 10.8. The Morgan fingerprint density at radius 3 is 2.41 bits per heavy atom. The molecule has 5 atom stereocenters. The number of aliphatic hydroxyl groups excluding tert-OH is 4. The van der Waals surface area contributed by atoms with Gasteiger partial charge in [-0.25, -0.2) is 4.79 Å². The smallest absolute Gasteiger partial charge is 0.343 e. The van der Waals surface area contributed by atoms with Gasteiger partial charge in [-0.2, -0.15) is 0 Å². The second kappa shape index (κ2) is 10.4. The number of benzene rings is 1. The van der Waals surface area contributed by atoms with E-state index < -0.39 is 48.5 Å². The van der Waals surface area contributed by atoms with Crippen LogP contribution in [0.25, 0.3) is 17.0 Å². The van der Waals surface area contributed by atoms with Crippen LogP contribution in [0.3, 0.4) is 0 Å². The quantitative estimate of drug-likeness (QED) is 0.335. The molecule has 1 aliphatic heterocycles. The van der Waals surface area contributed by atoms with Crippen molar-refractivity contribution in [1.82, 2.24) is 0 Å². The van der Waals surface area contributed by atoms with Crippen molar-refractivity contribution in [3.05, 3.63) is 46.3 Å². The number of nitrogens with zero attached hydrogens (tertiary/aromatic N) is 1. The van der Waals surface area contributed by atoms with Crippen LogP contribution in [0.5, 0.6) is 0 Å². The Hall–Kier alpha value is -2.56. The average Bonchev–Trinajstić information content (AvgIpc) is 2.78. The third-order valence-corrected chi connectivity index (χ3v) is 5.72. The number of rotatable bonds is 8. The van der Waals surface area contributed by atoms with Crippen molar-refractivity contribution < 1.29 is 34.4 Å². The zero-order chi connectivity index (χ0) is 23.4. The molecule has 0 spiro atoms. The zero-order valence-corrected chi connectivity index (χ0v) is 18.0. The van der Waals surface area contributed by atoms with Gasteiger partial charge in [-0.05, 0) is 44.2 Å². The van der Waals surface area contributed by atoms with E-state index in [4.69, 9.17) is 9.15 Å². The number of carbonyl (C=O) groups is 1. The maximum absolute atomic E-state index is 12.4. The molecule has 9 heteroatoms. The second-order valence-corrected chi connectivity index (χ2v) is 7.75. The normalized spacial score (nSPS) is 26.0. The molecular formula is C23H29NO8. The summed E-state index contributed by atoms with van der Waals surface area (Å²) in [5, 5.41) is 39.6. The van der Waals surface area contributed by atoms with Gasteiger partial charge in [0.2, 0.25) is 0 Å². The van der Waals surface area contributed by atoms with Gasteiger partial charge in [0.25, 0.3) is 0 Å². The van der Waals surface area contributed by atoms with E-state index in [1.54, 1.807) is 6.07 Å². The van der Waals surface area contributed by atoms with Crippen LogP contribution in [-0.4, -0.2) is 76.4 Å². The van der Waals surface area contributed by atoms with E-state index in [9.17, 15) is 30.0 Å². The number of fused-ring (bicyclic) bond motifs is 1. The van der Waals surface area contributed by atoms with Gasteiger partial charge in [0.05, 0.1) is 18.3 Å². The largest absolute Gasteiger partial charge is 0.422 e. The number of anilines is 1. The van der Waals surface area contributed by atoms with Crippen LogP contribution in [0.4, 0.5) is 5.69 Å². The number of hydrogen-bond acceptors (Lipinski definition) is 9. The lowest BCUT2D eigenvalue weighted by atomic mass is 9.92. The van der Waals surface area contributed by atoms with Crippen LogP contribution in [-0.2, 0) is 9.53 Å². The predicted molar refractivity (Wildman–Crippen MR) is 118 cm³/mol. The molecule has 1 fully saturated rings. The molecule has 32 heavy (non-hydrogen) atoms. The number of aliphatic hydroxyl groups is 4. The van der Waals surface area contributed by atoms with Crippen molar-refractivity contribution in [2.24, 2.45) is 0 Å². The summed E-state index contributed by atoms with van der Waals surface area (Å²) in [6.07, 6.45) is -4.50. The SMILES string of the molecule is CCN(CC)c1ccc2cc(/C=C/C(=O)C[C@@H]3O[C@H](CO)[C@@H](O)[C@H](O)[C@H]3O)c(=O)oc2c1. The fourth-order valence-corrected chi connectivity index (χ4v) is 3.81. The Morgan fingerprint density at radius 2 is 1.75 bits per heavy atom. The summed E-state index contributed by atoms with van der Waals surface area (Å²) >= 11 is 0. The Kier molecular flexibility index (Phi) is 7.81. The van der Waals surface area contributed by atoms with Crippen molar-refractivity contribution in [2.45, 2.75) is 50.8 Å². The lowest BCUT2D eigenvalue weighted by Crippen LogP contribution is -2.58. The highest BCUT2D eigenvalue weighted by molar-refractivity contribution is 5.94. The molecule has 2 heterocycles. The maximum Gasteiger partial charge on any atom is 0.343 e. The highest BCUT2D eigenvalue weighted by Crippen LogP contribution is 2.24. The average molecular weight is 447 g/mol. The number of hydrogen-bond donors (Lipinski definition) is 4. The van der Waals surface area contributed by atoms with Crippen molar-refractivity contribution in [1.29, 1.82) is 0 Å². The molecule has 174 valence electrons. The molecule has 4 N–H and O–H groups in total. The molecule has 0 radical (unpaired) electrons. The topological polar surface area (TPSA) is 141 Å². The molecule has 1 aromatic heterocycles. The van der Waals surface area contributed by atoms with E-state index in [2.05, 4.69) is 4.90 Å². The molecule has 1 aliphatic rings. The van der Waals surface area contributed by atoms with Crippen LogP contribution in [0.1, 0.15) is 25.8 Å². The predicted octanol–water partition coefficient (Wildman–Crippen LogP) is 0.454. The minimum atomic E-state index is -1.54. The van der Waals surface area contributed by atoms with Gasteiger partial charge in [0.15, 0.2) is 5.78 Å². The fraction of sp³-hybridized carbons (Fsp3) is 0.478. The number of carbonyl (C=O) groups excluding carboxylic acids is 1. The minimum Gasteiger partial charge on any atom is -0.422 e. The van der Waals surface area contributed by atoms with Crippen LogP contribution in [0.2, 0.25) is 0 Å². The van der Waals surface area contributed by atoms with E-state index in [-0.39, 0.29) is 12.0 Å². The monoisotopic (exact) mass is 447 g/mol. The van der Waals surface area contributed by atoms with Crippen molar-refractivity contribution in [2.75, 3.05) is 24.6 Å². The molecule has 0 bridgehead atoms. The van der Waals surface area contributed by atoms with E-state index in [1.165, 1.54) is 12.2 Å². The van der Waals surface area contributed by atoms with Gasteiger partial charge in [-0.15, -0.1) is 0 Å². The number of ketones is 1. The van der Waals surface area contributed by atoms with E-state index in [1.807, 2.05) is 32.0 Å². The van der Waals surface area contributed by atoms with Crippen LogP contribution >= 0.6 is 0 Å². The molecule has 0 amide bonds. The first-order valence-electron chi connectivity index (χ1n) is 10.6. The third-order valence-electron chi connectivity index (χ3n) is 5.72. The molecule has 1 aromatic carbocycles. The summed E-state index contributed by atoms with van der Waals surface area (Å²) in [6.45, 7) is 5.16. The summed E-state index contributed by atoms with van der Waals surface area (Å²) in [4.78, 5) is 26.9. The number of allylic oxidation sites excluding steroid dienone is 1. The lowest BCUT2D eigenvalue weighted by molar-refractivity contribution is -0.229. The summed E-state index contributed by atoms with van der Waals surface area (Å²) in [5.41, 5.74) is 0.995. The standard InChI is InChI=1S/C23H29NO8/c1-3-24(4-2)15-7-5-13-9-14(23(30)32-17(13)10-15)6-8-16(26)11-18-20(27)22(29)21(28)19(12-25)31-18/h5-10,18-22,25,27-29H,3-4,11-12H2,1-2H3/b8-6+/t18-,19+,20-,21+,22+/m0/s1. The van der Waals surface area contributed by atoms with Crippen LogP contribution < -0.4 is 10.5 Å². The Morgan fingerprint density at radius 1 is 1.06 bits per heavy atom. The fourth-order valence-electron chi connectivity index (χ4n) is 3.81. The first kappa shape index (κ1) is 24.1. The Bertz CT molecular complexity index is 1030. The molecule has 1 saturated heterocycles. The van der Waals surface area contributed by atoms with Gasteiger partial charge in [0.1, 0.15) is 30.0 Å². The number of ether oxygens (including phenoxy) is 1. The van der Waals surface area contributed by atoms with Gasteiger partial charge in [0, 0.05) is 36.7 Å². The molecule has 3 rings (SSSR count). The van der Waals surface area contributed by atoms with E-state index in [0.717, 1.165) is 18.8 Å². The van der Waals surface area contributed by atoms with Gasteiger partial charge < -0.3 is 34.5 Å². The lowest BCUT2D eigenvalue weighted by Gasteiger charge is -2.39. The Balaban J connectivity index is 1.74. The minimum absolute atomic E-state index is 0.190. The molecule has 2 aromatic rings. The van der Waals surface area contributed by atoms with Crippen LogP contribution in [0, 0.1) is 0 Å². The Labute approximate surface area is 185 Å². The zero-order valence-electron chi connectivity index (χ0n) is 18.0. The van der Waals surface area contributed by atoms with Crippen molar-refractivity contribution in [3.8, 4) is 0 Å². The highest BCUT2D eigenvalue weighted by Gasteiger charge is 2.43. The molecule has 0 aliphatic carbocycles. The first-order valence-corrected chi connectivity index (χ1v) is 10.6. The first-order chi connectivity index (χ1) is 15.3. The summed E-state index contributed by atoms with van der Waals surface area (Å²) in [7, 11) is 0. The molecule has 0 saturated carbocycles. The van der Waals surface area contributed by atoms with E-state index >= 15 is 0 Å². The summed E-state index contributed by atoms with van der Waals surface area (Å²) in [5.74, 6) is -0.467. The van der Waals surface area contributed by atoms with Gasteiger partial charge in [-0.3, -0.25) is 4.79 Å². The third kappa shape index (κ3) is 5.08. The highest BCUT2D eigenvalue weighted by atomic mass is 16.5.